The maximum Gasteiger partial charge on any atom is 0.306 e. The van der Waals surface area contributed by atoms with Crippen molar-refractivity contribution in [3.05, 3.63) is 0 Å². The van der Waals surface area contributed by atoms with Gasteiger partial charge in [0.1, 0.15) is 25.1 Å². The van der Waals surface area contributed by atoms with Crippen molar-refractivity contribution in [2.24, 2.45) is 0 Å². The smallest absolute Gasteiger partial charge is 0.306 e. The Morgan fingerprint density at radius 3 is 1.43 bits per heavy atom. The third-order valence-electron chi connectivity index (χ3n) is 9.42. The van der Waals surface area contributed by atoms with Crippen LogP contribution in [0, 0.1) is 0 Å². The second-order valence-electron chi connectivity index (χ2n) is 15.4. The van der Waals surface area contributed by atoms with E-state index < -0.39 is 0 Å². The normalized spacial score (nSPS) is 21.8. The molecule has 0 aromatic carbocycles. The van der Waals surface area contributed by atoms with E-state index in [0.29, 0.717) is 70.9 Å². The van der Waals surface area contributed by atoms with Crippen LogP contribution >= 0.6 is 0 Å². The van der Waals surface area contributed by atoms with E-state index in [9.17, 15) is 19.2 Å². The Morgan fingerprint density at radius 2 is 1.02 bits per heavy atom. The molecule has 0 aromatic heterocycles. The fourth-order valence-corrected chi connectivity index (χ4v) is 7.90. The summed E-state index contributed by atoms with van der Waals surface area (Å²) in [6, 6.07) is 0. The molecule has 254 valence electrons. The number of piperidine rings is 2. The first kappa shape index (κ1) is 38.2. The molecular formula is C35H62N2O7. The average Bonchev–Trinajstić information content (AvgIpc) is 2.87. The molecule has 0 aliphatic carbocycles. The summed E-state index contributed by atoms with van der Waals surface area (Å²) in [4.78, 5) is 52.8. The Hall–Kier alpha value is -2.00. The summed E-state index contributed by atoms with van der Waals surface area (Å²) in [5.41, 5.74) is -0.556. The van der Waals surface area contributed by atoms with Gasteiger partial charge in [0.05, 0.1) is 0 Å². The highest BCUT2D eigenvalue weighted by Gasteiger charge is 2.47. The average molecular weight is 623 g/mol. The minimum atomic E-state index is -0.247. The van der Waals surface area contributed by atoms with Crippen LogP contribution in [-0.4, -0.2) is 88.1 Å². The SMILES string of the molecule is CCCN1C(C)(C)CC(OC(=O)CCCCC(=O)OC2CC(C)(C)N(CCOC(=O)CCCCC=O)C(C)(C)C2)CC1(C)C. The van der Waals surface area contributed by atoms with Gasteiger partial charge in [-0.15, -0.1) is 0 Å². The van der Waals surface area contributed by atoms with Gasteiger partial charge in [-0.1, -0.05) is 6.92 Å². The summed E-state index contributed by atoms with van der Waals surface area (Å²) < 4.78 is 17.3. The number of carbonyl (C=O) groups excluding carboxylic acids is 4. The maximum atomic E-state index is 12.7. The van der Waals surface area contributed by atoms with Crippen LogP contribution in [0.2, 0.25) is 0 Å². The molecule has 0 saturated carbocycles. The molecule has 0 spiro atoms. The van der Waals surface area contributed by atoms with Crippen molar-refractivity contribution >= 4 is 24.2 Å². The van der Waals surface area contributed by atoms with Gasteiger partial charge < -0.3 is 19.0 Å². The predicted molar refractivity (Wildman–Crippen MR) is 172 cm³/mol. The van der Waals surface area contributed by atoms with E-state index >= 15 is 0 Å². The minimum Gasteiger partial charge on any atom is -0.464 e. The van der Waals surface area contributed by atoms with Crippen molar-refractivity contribution in [2.45, 2.75) is 180 Å². The lowest BCUT2D eigenvalue weighted by Crippen LogP contribution is -2.63. The minimum absolute atomic E-state index is 0.0306. The quantitative estimate of drug-likeness (QED) is 0.0790. The summed E-state index contributed by atoms with van der Waals surface area (Å²) in [5, 5.41) is 0. The lowest BCUT2D eigenvalue weighted by atomic mass is 9.78. The molecule has 0 aromatic rings. The van der Waals surface area contributed by atoms with Gasteiger partial charge in [0.25, 0.3) is 0 Å². The van der Waals surface area contributed by atoms with Crippen molar-refractivity contribution < 1.29 is 33.4 Å². The molecule has 44 heavy (non-hydrogen) atoms. The van der Waals surface area contributed by atoms with Crippen molar-refractivity contribution in [1.29, 1.82) is 0 Å². The summed E-state index contributed by atoms with van der Waals surface area (Å²) in [7, 11) is 0. The van der Waals surface area contributed by atoms with E-state index in [1.807, 2.05) is 0 Å². The number of hydrogen-bond acceptors (Lipinski definition) is 9. The molecule has 2 heterocycles. The zero-order valence-corrected chi connectivity index (χ0v) is 29.3. The Labute approximate surface area is 267 Å². The van der Waals surface area contributed by atoms with Crippen LogP contribution in [0.1, 0.15) is 146 Å². The molecule has 2 aliphatic heterocycles. The number of unbranched alkanes of at least 4 members (excludes halogenated alkanes) is 3. The van der Waals surface area contributed by atoms with Crippen molar-refractivity contribution in [3.8, 4) is 0 Å². The Balaban J connectivity index is 1.73. The molecule has 0 amide bonds. The zero-order valence-electron chi connectivity index (χ0n) is 29.3. The lowest BCUT2D eigenvalue weighted by molar-refractivity contribution is -0.164. The first-order chi connectivity index (χ1) is 20.4. The van der Waals surface area contributed by atoms with E-state index in [4.69, 9.17) is 14.2 Å². The number of ether oxygens (including phenoxy) is 3. The van der Waals surface area contributed by atoms with Crippen molar-refractivity contribution in [2.75, 3.05) is 19.7 Å². The molecule has 2 rings (SSSR count). The Kier molecular flexibility index (Phi) is 14.3. The molecule has 0 N–H and O–H groups in total. The molecule has 9 nitrogen and oxygen atoms in total. The molecule has 0 bridgehead atoms. The van der Waals surface area contributed by atoms with Gasteiger partial charge in [0.15, 0.2) is 0 Å². The fraction of sp³-hybridized carbons (Fsp3) is 0.886. The highest BCUT2D eigenvalue weighted by molar-refractivity contribution is 5.71. The van der Waals surface area contributed by atoms with Gasteiger partial charge in [-0.2, -0.15) is 0 Å². The number of rotatable bonds is 17. The van der Waals surface area contributed by atoms with Crippen molar-refractivity contribution in [3.63, 3.8) is 0 Å². The van der Waals surface area contributed by atoms with E-state index in [1.165, 1.54) is 0 Å². The zero-order chi connectivity index (χ0) is 33.2. The number of carbonyl (C=O) groups is 4. The number of nitrogens with zero attached hydrogens (tertiary/aromatic N) is 2. The summed E-state index contributed by atoms with van der Waals surface area (Å²) in [6.07, 6.45) is 8.67. The topological polar surface area (TPSA) is 102 Å². The highest BCUT2D eigenvalue weighted by atomic mass is 16.5. The first-order valence-corrected chi connectivity index (χ1v) is 17.0. The van der Waals surface area contributed by atoms with Gasteiger partial charge in [-0.05, 0) is 94.0 Å². The van der Waals surface area contributed by atoms with Gasteiger partial charge in [-0.3, -0.25) is 24.2 Å². The third kappa shape index (κ3) is 11.7. The molecule has 2 aliphatic rings. The predicted octanol–water partition coefficient (Wildman–Crippen LogP) is 6.39. The highest BCUT2D eigenvalue weighted by Crippen LogP contribution is 2.41. The summed E-state index contributed by atoms with van der Waals surface area (Å²) in [5.74, 6) is -0.638. The van der Waals surface area contributed by atoms with E-state index in [1.54, 1.807) is 0 Å². The monoisotopic (exact) mass is 622 g/mol. The number of aldehydes is 1. The molecule has 0 radical (unpaired) electrons. The van der Waals surface area contributed by atoms with Crippen LogP contribution in [0.4, 0.5) is 0 Å². The largest absolute Gasteiger partial charge is 0.464 e. The number of likely N-dealkylation sites (tertiary alicyclic amines) is 2. The summed E-state index contributed by atoms with van der Waals surface area (Å²) >= 11 is 0. The van der Waals surface area contributed by atoms with Crippen LogP contribution in [0.25, 0.3) is 0 Å². The van der Waals surface area contributed by atoms with Crippen LogP contribution in [0.3, 0.4) is 0 Å². The Morgan fingerprint density at radius 1 is 0.636 bits per heavy atom. The van der Waals surface area contributed by atoms with Gasteiger partial charge in [-0.25, -0.2) is 0 Å². The molecule has 9 heteroatoms. The van der Waals surface area contributed by atoms with Gasteiger partial charge in [0, 0.05) is 80.1 Å². The second-order valence-corrected chi connectivity index (χ2v) is 15.4. The fourth-order valence-electron chi connectivity index (χ4n) is 7.90. The molecule has 0 unspecified atom stereocenters. The van der Waals surface area contributed by atoms with Gasteiger partial charge in [0.2, 0.25) is 0 Å². The van der Waals surface area contributed by atoms with Crippen LogP contribution in [0.15, 0.2) is 0 Å². The van der Waals surface area contributed by atoms with Crippen LogP contribution < -0.4 is 0 Å². The number of esters is 3. The molecule has 2 fully saturated rings. The first-order valence-electron chi connectivity index (χ1n) is 17.0. The molecule has 2 saturated heterocycles. The maximum absolute atomic E-state index is 12.7. The Bertz CT molecular complexity index is 923. The van der Waals surface area contributed by atoms with E-state index in [-0.39, 0.29) is 58.7 Å². The van der Waals surface area contributed by atoms with Crippen molar-refractivity contribution in [1.82, 2.24) is 9.80 Å². The lowest BCUT2D eigenvalue weighted by Gasteiger charge is -2.55. The number of hydrogen-bond donors (Lipinski definition) is 0. The van der Waals surface area contributed by atoms with Crippen LogP contribution in [0.5, 0.6) is 0 Å². The molecule has 0 atom stereocenters. The van der Waals surface area contributed by atoms with Crippen LogP contribution in [-0.2, 0) is 33.4 Å². The summed E-state index contributed by atoms with van der Waals surface area (Å²) in [6.45, 7) is 21.6. The third-order valence-corrected chi connectivity index (χ3v) is 9.42. The van der Waals surface area contributed by atoms with E-state index in [0.717, 1.165) is 32.1 Å². The van der Waals surface area contributed by atoms with E-state index in [2.05, 4.69) is 72.1 Å². The standard InChI is InChI=1S/C35H62N2O7/c1-10-19-36-32(2,3)23-27(24-33(36,4)5)43-30(40)17-13-14-18-31(41)44-28-25-34(6,7)37(35(8,9)26-28)20-22-42-29(39)16-12-11-15-21-38/h21,27-28H,10-20,22-26H2,1-9H3. The second kappa shape index (κ2) is 16.5. The molecular weight excluding hydrogens is 560 g/mol. The van der Waals surface area contributed by atoms with Gasteiger partial charge >= 0.3 is 17.9 Å².